The summed E-state index contributed by atoms with van der Waals surface area (Å²) in [6.45, 7) is 0.849. The van der Waals surface area contributed by atoms with Gasteiger partial charge in [0.25, 0.3) is 0 Å². The Morgan fingerprint density at radius 1 is 1.14 bits per heavy atom. The molecule has 0 saturated heterocycles. The van der Waals surface area contributed by atoms with Crippen LogP contribution in [0.3, 0.4) is 0 Å². The molecule has 3 heteroatoms. The topological polar surface area (TPSA) is 23.5 Å². The molecule has 0 heterocycles. The summed E-state index contributed by atoms with van der Waals surface area (Å²) in [6.07, 6.45) is 1.33. The van der Waals surface area contributed by atoms with Crippen molar-refractivity contribution in [2.75, 3.05) is 13.6 Å². The maximum absolute atomic E-state index is 12.9. The molecule has 21 heavy (non-hydrogen) atoms. The van der Waals surface area contributed by atoms with Gasteiger partial charge in [0.1, 0.15) is 5.82 Å². The average Bonchev–Trinajstić information content (AvgIpc) is 2.84. The van der Waals surface area contributed by atoms with E-state index in [1.54, 1.807) is 0 Å². The van der Waals surface area contributed by atoms with Gasteiger partial charge in [-0.25, -0.2) is 4.39 Å². The number of nitrogens with zero attached hydrogens (tertiary/aromatic N) is 1. The van der Waals surface area contributed by atoms with Crippen LogP contribution in [-0.4, -0.2) is 29.6 Å². The van der Waals surface area contributed by atoms with E-state index in [-0.39, 0.29) is 11.9 Å². The van der Waals surface area contributed by atoms with Crippen molar-refractivity contribution in [1.29, 1.82) is 0 Å². The van der Waals surface area contributed by atoms with E-state index in [2.05, 4.69) is 11.0 Å². The number of aliphatic hydroxyl groups excluding tert-OH is 1. The first-order valence-corrected chi connectivity index (χ1v) is 7.35. The lowest BCUT2D eigenvalue weighted by molar-refractivity contribution is 0.0767. The summed E-state index contributed by atoms with van der Waals surface area (Å²) in [4.78, 5) is 2.20. The van der Waals surface area contributed by atoms with Crippen LogP contribution in [-0.2, 0) is 12.8 Å². The molecule has 0 fully saturated rings. The summed E-state index contributed by atoms with van der Waals surface area (Å²) in [5.41, 5.74) is 3.41. The molecule has 2 nitrogen and oxygen atoms in total. The van der Waals surface area contributed by atoms with Crippen LogP contribution >= 0.6 is 0 Å². The molecule has 2 aromatic rings. The number of aliphatic hydroxyl groups is 1. The first kappa shape index (κ1) is 14.2. The smallest absolute Gasteiger partial charge is 0.123 e. The molecule has 0 saturated carbocycles. The quantitative estimate of drug-likeness (QED) is 0.933. The Labute approximate surface area is 124 Å². The Kier molecular flexibility index (Phi) is 4.04. The molecule has 0 bridgehead atoms. The molecule has 0 radical (unpaired) electrons. The predicted molar refractivity (Wildman–Crippen MR) is 81.6 cm³/mol. The van der Waals surface area contributed by atoms with Crippen LogP contribution in [0.4, 0.5) is 4.39 Å². The molecular weight excluding hydrogens is 265 g/mol. The normalized spacial score (nSPS) is 20.8. The van der Waals surface area contributed by atoms with Gasteiger partial charge in [0.2, 0.25) is 0 Å². The van der Waals surface area contributed by atoms with Gasteiger partial charge >= 0.3 is 0 Å². The summed E-state index contributed by atoms with van der Waals surface area (Å²) in [5, 5.41) is 10.5. The Morgan fingerprint density at radius 3 is 2.57 bits per heavy atom. The third kappa shape index (κ3) is 2.99. The van der Waals surface area contributed by atoms with Gasteiger partial charge in [0.15, 0.2) is 0 Å². The van der Waals surface area contributed by atoms with Gasteiger partial charge in [-0.3, -0.25) is 4.90 Å². The van der Waals surface area contributed by atoms with E-state index in [0.29, 0.717) is 0 Å². The SMILES string of the molecule is CN(CCc1ccc(F)cc1)C1Cc2ccccc2C1O. The summed E-state index contributed by atoms with van der Waals surface area (Å²) in [5.74, 6) is -0.200. The van der Waals surface area contributed by atoms with Gasteiger partial charge in [-0.05, 0) is 48.7 Å². The molecule has 2 atom stereocenters. The van der Waals surface area contributed by atoms with Crippen molar-refractivity contribution in [1.82, 2.24) is 4.90 Å². The Morgan fingerprint density at radius 2 is 1.86 bits per heavy atom. The van der Waals surface area contributed by atoms with E-state index < -0.39 is 6.10 Å². The standard InChI is InChI=1S/C18H20FNO/c1-20(11-10-13-6-8-15(19)9-7-13)17-12-14-4-2-3-5-16(14)18(17)21/h2-9,17-18,21H,10-12H2,1H3. The molecule has 1 aliphatic carbocycles. The number of benzene rings is 2. The fourth-order valence-electron chi connectivity index (χ4n) is 3.07. The number of halogens is 1. The van der Waals surface area contributed by atoms with Crippen LogP contribution in [0, 0.1) is 5.82 Å². The Hall–Kier alpha value is -1.71. The van der Waals surface area contributed by atoms with Gasteiger partial charge in [-0.2, -0.15) is 0 Å². The van der Waals surface area contributed by atoms with E-state index in [0.717, 1.165) is 30.5 Å². The van der Waals surface area contributed by atoms with Crippen molar-refractivity contribution in [3.05, 3.63) is 71.0 Å². The zero-order chi connectivity index (χ0) is 14.8. The molecule has 0 aliphatic heterocycles. The fraction of sp³-hybridized carbons (Fsp3) is 0.333. The molecule has 2 aromatic carbocycles. The van der Waals surface area contributed by atoms with Gasteiger partial charge in [-0.15, -0.1) is 0 Å². The van der Waals surface area contributed by atoms with Crippen LogP contribution < -0.4 is 0 Å². The largest absolute Gasteiger partial charge is 0.387 e. The minimum atomic E-state index is -0.417. The van der Waals surface area contributed by atoms with Crippen LogP contribution in [0.1, 0.15) is 22.8 Å². The third-order valence-electron chi connectivity index (χ3n) is 4.40. The molecular formula is C18H20FNO. The maximum Gasteiger partial charge on any atom is 0.123 e. The van der Waals surface area contributed by atoms with Gasteiger partial charge in [0, 0.05) is 12.6 Å². The molecule has 0 aromatic heterocycles. The fourth-order valence-corrected chi connectivity index (χ4v) is 3.07. The number of hydrogen-bond donors (Lipinski definition) is 1. The van der Waals surface area contributed by atoms with Gasteiger partial charge in [0.05, 0.1) is 6.10 Å². The minimum absolute atomic E-state index is 0.128. The lowest BCUT2D eigenvalue weighted by atomic mass is 10.1. The van der Waals surface area contributed by atoms with E-state index in [1.807, 2.05) is 37.4 Å². The van der Waals surface area contributed by atoms with Crippen molar-refractivity contribution in [2.24, 2.45) is 0 Å². The number of rotatable bonds is 4. The second-order valence-electron chi connectivity index (χ2n) is 5.77. The molecule has 0 amide bonds. The third-order valence-corrected chi connectivity index (χ3v) is 4.40. The van der Waals surface area contributed by atoms with E-state index in [9.17, 15) is 9.50 Å². The van der Waals surface area contributed by atoms with E-state index >= 15 is 0 Å². The number of fused-ring (bicyclic) bond motifs is 1. The van der Waals surface area contributed by atoms with Crippen molar-refractivity contribution < 1.29 is 9.50 Å². The number of likely N-dealkylation sites (N-methyl/N-ethyl adjacent to an activating group) is 1. The van der Waals surface area contributed by atoms with Crippen molar-refractivity contribution in [2.45, 2.75) is 25.0 Å². The van der Waals surface area contributed by atoms with Crippen LogP contribution in [0.2, 0.25) is 0 Å². The summed E-state index contributed by atoms with van der Waals surface area (Å²) in [7, 11) is 2.04. The monoisotopic (exact) mass is 285 g/mol. The highest BCUT2D eigenvalue weighted by Gasteiger charge is 2.32. The summed E-state index contributed by atoms with van der Waals surface area (Å²) in [6, 6.07) is 14.9. The molecule has 2 unspecified atom stereocenters. The first-order valence-electron chi connectivity index (χ1n) is 7.35. The molecule has 110 valence electrons. The zero-order valence-corrected chi connectivity index (χ0v) is 12.2. The lowest BCUT2D eigenvalue weighted by Crippen LogP contribution is -2.36. The maximum atomic E-state index is 12.9. The molecule has 3 rings (SSSR count). The summed E-state index contributed by atoms with van der Waals surface area (Å²) >= 11 is 0. The van der Waals surface area contributed by atoms with Crippen molar-refractivity contribution in [3.63, 3.8) is 0 Å². The lowest BCUT2D eigenvalue weighted by Gasteiger charge is -2.27. The van der Waals surface area contributed by atoms with Crippen molar-refractivity contribution >= 4 is 0 Å². The van der Waals surface area contributed by atoms with Crippen LogP contribution in [0.25, 0.3) is 0 Å². The Balaban J connectivity index is 1.62. The minimum Gasteiger partial charge on any atom is -0.387 e. The predicted octanol–water partition coefficient (Wildman–Crippen LogP) is 2.96. The first-order chi connectivity index (χ1) is 10.1. The van der Waals surface area contributed by atoms with Crippen LogP contribution in [0.5, 0.6) is 0 Å². The second kappa shape index (κ2) is 5.96. The number of hydrogen-bond acceptors (Lipinski definition) is 2. The zero-order valence-electron chi connectivity index (χ0n) is 12.2. The highest BCUT2D eigenvalue weighted by molar-refractivity contribution is 5.35. The second-order valence-corrected chi connectivity index (χ2v) is 5.77. The van der Waals surface area contributed by atoms with Crippen molar-refractivity contribution in [3.8, 4) is 0 Å². The van der Waals surface area contributed by atoms with E-state index in [4.69, 9.17) is 0 Å². The Bertz CT molecular complexity index is 611. The molecule has 0 spiro atoms. The van der Waals surface area contributed by atoms with Gasteiger partial charge in [-0.1, -0.05) is 36.4 Å². The van der Waals surface area contributed by atoms with Gasteiger partial charge < -0.3 is 5.11 Å². The van der Waals surface area contributed by atoms with E-state index in [1.165, 1.54) is 17.7 Å². The highest BCUT2D eigenvalue weighted by atomic mass is 19.1. The summed E-state index contributed by atoms with van der Waals surface area (Å²) < 4.78 is 12.9. The molecule has 1 aliphatic rings. The van der Waals surface area contributed by atoms with Crippen LogP contribution in [0.15, 0.2) is 48.5 Å². The highest BCUT2D eigenvalue weighted by Crippen LogP contribution is 2.33. The molecule has 1 N–H and O–H groups in total. The average molecular weight is 285 g/mol.